The van der Waals surface area contributed by atoms with Gasteiger partial charge in [0.25, 0.3) is 0 Å². The van der Waals surface area contributed by atoms with Gasteiger partial charge in [0.2, 0.25) is 11.1 Å². The Morgan fingerprint density at radius 1 is 1.16 bits per heavy atom. The second kappa shape index (κ2) is 11.3. The highest BCUT2D eigenvalue weighted by atomic mass is 79.9. The molecule has 5 rings (SSSR count). The molecule has 0 amide bonds. The molecule has 1 aromatic heterocycles. The van der Waals surface area contributed by atoms with E-state index in [9.17, 15) is 4.79 Å². The normalized spacial score (nSPS) is 16.8. The Hall–Kier alpha value is -2.78. The number of fused-ring (bicyclic) bond motifs is 1. The van der Waals surface area contributed by atoms with Gasteiger partial charge in [-0.15, -0.1) is 5.10 Å². The van der Waals surface area contributed by atoms with E-state index in [-0.39, 0.29) is 11.8 Å². The topological polar surface area (TPSA) is 78.3 Å². The van der Waals surface area contributed by atoms with E-state index in [1.54, 1.807) is 11.8 Å². The lowest BCUT2D eigenvalue weighted by Crippen LogP contribution is -2.31. The number of ketones is 1. The number of ether oxygens (including phenoxy) is 2. The second-order valence-corrected chi connectivity index (χ2v) is 11.2. The van der Waals surface area contributed by atoms with Crippen LogP contribution in [-0.2, 0) is 11.4 Å². The van der Waals surface area contributed by atoms with Crippen molar-refractivity contribution in [1.82, 2.24) is 14.8 Å². The number of aryl methyl sites for hydroxylation is 1. The molecule has 3 aromatic rings. The first-order valence-corrected chi connectivity index (χ1v) is 14.5. The molecular formula is C28H31BrN4O3S. The summed E-state index contributed by atoms with van der Waals surface area (Å²) in [5.74, 6) is 3.03. The number of thioether (sulfide) groups is 1. The predicted molar refractivity (Wildman–Crippen MR) is 150 cm³/mol. The van der Waals surface area contributed by atoms with Crippen LogP contribution in [0.25, 0.3) is 0 Å². The third-order valence-electron chi connectivity index (χ3n) is 6.44. The Morgan fingerprint density at radius 3 is 2.73 bits per heavy atom. The van der Waals surface area contributed by atoms with E-state index in [1.165, 1.54) is 5.56 Å². The van der Waals surface area contributed by atoms with Crippen molar-refractivity contribution in [2.24, 2.45) is 0 Å². The summed E-state index contributed by atoms with van der Waals surface area (Å²) in [6, 6.07) is 11.9. The van der Waals surface area contributed by atoms with Crippen LogP contribution in [0.4, 0.5) is 5.95 Å². The largest absolute Gasteiger partial charge is 0.490 e. The molecule has 37 heavy (non-hydrogen) atoms. The minimum absolute atomic E-state index is 0.149. The molecule has 0 radical (unpaired) electrons. The number of nitrogens with one attached hydrogen (secondary N) is 1. The molecule has 2 aliphatic rings. The van der Waals surface area contributed by atoms with Crippen LogP contribution >= 0.6 is 27.7 Å². The van der Waals surface area contributed by atoms with Crippen LogP contribution in [0.2, 0.25) is 0 Å². The summed E-state index contributed by atoms with van der Waals surface area (Å²) in [5, 5.41) is 8.93. The Kier molecular flexibility index (Phi) is 7.90. The van der Waals surface area contributed by atoms with Gasteiger partial charge in [0.05, 0.1) is 11.1 Å². The van der Waals surface area contributed by atoms with Crippen LogP contribution < -0.4 is 14.8 Å². The van der Waals surface area contributed by atoms with E-state index in [0.29, 0.717) is 42.2 Å². The van der Waals surface area contributed by atoms with E-state index in [0.717, 1.165) is 51.9 Å². The summed E-state index contributed by atoms with van der Waals surface area (Å²) < 4.78 is 14.9. The molecule has 0 bridgehead atoms. The van der Waals surface area contributed by atoms with E-state index in [4.69, 9.17) is 19.6 Å². The van der Waals surface area contributed by atoms with Crippen molar-refractivity contribution in [3.8, 4) is 11.5 Å². The standard InChI is InChI=1S/C28H31BrN4O3S/c1-4-13-37-28-31-27-30-21-7-6-8-22(34)24(21)25(33(27)32-28)19-14-20(29)26(23(15-19)35-5-2)36-16-18-11-9-17(3)10-12-18/h9-12,14-15,25H,4-8,13,16H2,1-3H3,(H,30,31,32). The van der Waals surface area contributed by atoms with Crippen LogP contribution in [0.15, 0.2) is 57.3 Å². The molecule has 7 nitrogen and oxygen atoms in total. The molecule has 2 aromatic carbocycles. The number of aromatic nitrogens is 3. The molecule has 1 aliphatic carbocycles. The summed E-state index contributed by atoms with van der Waals surface area (Å²) >= 11 is 5.36. The zero-order valence-electron chi connectivity index (χ0n) is 21.3. The average molecular weight is 584 g/mol. The second-order valence-electron chi connectivity index (χ2n) is 9.24. The smallest absolute Gasteiger partial charge is 0.227 e. The highest BCUT2D eigenvalue weighted by molar-refractivity contribution is 9.10. The van der Waals surface area contributed by atoms with Crippen molar-refractivity contribution in [2.75, 3.05) is 17.7 Å². The molecular weight excluding hydrogens is 552 g/mol. The maximum absolute atomic E-state index is 13.2. The first-order chi connectivity index (χ1) is 18.0. The lowest BCUT2D eigenvalue weighted by Gasteiger charge is -2.32. The van der Waals surface area contributed by atoms with Gasteiger partial charge >= 0.3 is 0 Å². The molecule has 1 N–H and O–H groups in total. The Labute approximate surface area is 230 Å². The molecule has 1 unspecified atom stereocenters. The van der Waals surface area contributed by atoms with Crippen molar-refractivity contribution < 1.29 is 14.3 Å². The number of halogens is 1. The Bertz CT molecular complexity index is 1340. The molecule has 0 saturated heterocycles. The number of Topliss-reactive ketones (excluding diaryl/α,β-unsaturated/α-hetero) is 1. The SMILES string of the molecule is CCCSc1nc2n(n1)C(c1cc(Br)c(OCc3ccc(C)cc3)c(OCC)c1)C1=C(CCCC1=O)N2. The zero-order valence-corrected chi connectivity index (χ0v) is 23.7. The van der Waals surface area contributed by atoms with Crippen LogP contribution in [0, 0.1) is 6.92 Å². The van der Waals surface area contributed by atoms with Crippen molar-refractivity contribution >= 4 is 39.4 Å². The summed E-state index contributed by atoms with van der Waals surface area (Å²) in [7, 11) is 0. The number of carbonyl (C=O) groups is 1. The van der Waals surface area contributed by atoms with Gasteiger partial charge in [-0.2, -0.15) is 4.98 Å². The van der Waals surface area contributed by atoms with Crippen molar-refractivity contribution in [1.29, 1.82) is 0 Å². The number of anilines is 1. The number of benzene rings is 2. The van der Waals surface area contributed by atoms with Crippen LogP contribution in [0.1, 0.15) is 62.3 Å². The molecule has 1 atom stereocenters. The minimum Gasteiger partial charge on any atom is -0.490 e. The van der Waals surface area contributed by atoms with Gasteiger partial charge < -0.3 is 14.8 Å². The predicted octanol–water partition coefficient (Wildman–Crippen LogP) is 6.85. The Morgan fingerprint density at radius 2 is 1.97 bits per heavy atom. The molecule has 0 spiro atoms. The van der Waals surface area contributed by atoms with Crippen LogP contribution in [-0.4, -0.2) is 32.9 Å². The number of rotatable bonds is 9. The van der Waals surface area contributed by atoms with Crippen molar-refractivity contribution in [3.63, 3.8) is 0 Å². The zero-order chi connectivity index (χ0) is 25.9. The van der Waals surface area contributed by atoms with Gasteiger partial charge in [-0.3, -0.25) is 4.79 Å². The van der Waals surface area contributed by atoms with Gasteiger partial charge in [-0.1, -0.05) is 48.5 Å². The van der Waals surface area contributed by atoms with Crippen LogP contribution in [0.5, 0.6) is 11.5 Å². The number of carbonyl (C=O) groups excluding carboxylic acids is 1. The highest BCUT2D eigenvalue weighted by Crippen LogP contribution is 2.45. The molecule has 0 saturated carbocycles. The molecule has 0 fully saturated rings. The fraction of sp³-hybridized carbons (Fsp3) is 0.393. The van der Waals surface area contributed by atoms with E-state index in [2.05, 4.69) is 59.4 Å². The summed E-state index contributed by atoms with van der Waals surface area (Å²) in [6.45, 7) is 7.07. The lowest BCUT2D eigenvalue weighted by molar-refractivity contribution is -0.116. The quantitative estimate of drug-likeness (QED) is 0.276. The number of allylic oxidation sites excluding steroid dienone is 2. The fourth-order valence-corrected chi connectivity index (χ4v) is 5.95. The van der Waals surface area contributed by atoms with Crippen molar-refractivity contribution in [2.45, 2.75) is 64.3 Å². The van der Waals surface area contributed by atoms with E-state index in [1.807, 2.05) is 23.7 Å². The first kappa shape index (κ1) is 25.9. The van der Waals surface area contributed by atoms with E-state index < -0.39 is 0 Å². The average Bonchev–Trinajstić information content (AvgIpc) is 3.29. The molecule has 194 valence electrons. The Balaban J connectivity index is 1.55. The fourth-order valence-electron chi connectivity index (χ4n) is 4.69. The monoisotopic (exact) mass is 582 g/mol. The molecule has 1 aliphatic heterocycles. The number of nitrogens with zero attached hydrogens (tertiary/aromatic N) is 3. The summed E-state index contributed by atoms with van der Waals surface area (Å²) in [6.07, 6.45) is 3.23. The summed E-state index contributed by atoms with van der Waals surface area (Å²) in [5.41, 5.74) is 4.90. The van der Waals surface area contributed by atoms with Crippen molar-refractivity contribution in [3.05, 3.63) is 68.8 Å². The van der Waals surface area contributed by atoms with Gasteiger partial charge in [0, 0.05) is 23.4 Å². The lowest BCUT2D eigenvalue weighted by atomic mass is 9.85. The van der Waals surface area contributed by atoms with Gasteiger partial charge in [0.1, 0.15) is 12.6 Å². The van der Waals surface area contributed by atoms with Gasteiger partial charge in [-0.05, 0) is 72.3 Å². The molecule has 2 heterocycles. The van der Waals surface area contributed by atoms with Gasteiger partial charge in [0.15, 0.2) is 17.3 Å². The van der Waals surface area contributed by atoms with Crippen LogP contribution in [0.3, 0.4) is 0 Å². The molecule has 9 heteroatoms. The maximum Gasteiger partial charge on any atom is 0.227 e. The first-order valence-electron chi connectivity index (χ1n) is 12.8. The minimum atomic E-state index is -0.385. The maximum atomic E-state index is 13.2. The van der Waals surface area contributed by atoms with Gasteiger partial charge in [-0.25, -0.2) is 4.68 Å². The number of hydrogen-bond donors (Lipinski definition) is 1. The van der Waals surface area contributed by atoms with E-state index >= 15 is 0 Å². The number of hydrogen-bond acceptors (Lipinski definition) is 7. The highest BCUT2D eigenvalue weighted by Gasteiger charge is 2.37. The third-order valence-corrected chi connectivity index (χ3v) is 8.07. The third kappa shape index (κ3) is 5.43. The summed E-state index contributed by atoms with van der Waals surface area (Å²) in [4.78, 5) is 18.0.